The molecule has 1 aliphatic heterocycles. The Hall–Kier alpha value is -2.17. The van der Waals surface area contributed by atoms with Crippen molar-refractivity contribution in [2.75, 3.05) is 0 Å². The molecule has 106 valence electrons. The van der Waals surface area contributed by atoms with Crippen molar-refractivity contribution in [2.24, 2.45) is 11.8 Å². The summed E-state index contributed by atoms with van der Waals surface area (Å²) in [5.41, 5.74) is 1.97. The number of nitrogens with one attached hydrogen (secondary N) is 1. The van der Waals surface area contributed by atoms with Crippen LogP contribution in [0.3, 0.4) is 0 Å². The van der Waals surface area contributed by atoms with Crippen LogP contribution in [0.4, 0.5) is 4.79 Å². The van der Waals surface area contributed by atoms with Crippen LogP contribution in [0.5, 0.6) is 0 Å². The fraction of sp³-hybridized carbons (Fsp3) is 0.400. The number of imide groups is 2. The van der Waals surface area contributed by atoms with Gasteiger partial charge in [-0.2, -0.15) is 0 Å². The second kappa shape index (κ2) is 5.45. The average Bonchev–Trinajstić information content (AvgIpc) is 2.36. The van der Waals surface area contributed by atoms with Crippen LogP contribution < -0.4 is 5.32 Å². The van der Waals surface area contributed by atoms with Gasteiger partial charge in [-0.3, -0.25) is 19.8 Å². The number of barbiturate groups is 1. The number of carbonyl (C=O) groups is 3. The molecule has 0 bridgehead atoms. The normalized spacial score (nSPS) is 19.5. The van der Waals surface area contributed by atoms with Crippen molar-refractivity contribution in [1.29, 1.82) is 0 Å². The molecule has 0 radical (unpaired) electrons. The van der Waals surface area contributed by atoms with Gasteiger partial charge >= 0.3 is 6.03 Å². The van der Waals surface area contributed by atoms with E-state index in [1.807, 2.05) is 31.2 Å². The Kier molecular flexibility index (Phi) is 3.88. The molecule has 0 spiro atoms. The number of aryl methyl sites for hydroxylation is 1. The van der Waals surface area contributed by atoms with Gasteiger partial charge in [-0.15, -0.1) is 0 Å². The number of urea groups is 1. The minimum atomic E-state index is -0.793. The maximum Gasteiger partial charge on any atom is 0.331 e. The van der Waals surface area contributed by atoms with Crippen molar-refractivity contribution < 1.29 is 14.4 Å². The van der Waals surface area contributed by atoms with Crippen LogP contribution >= 0.6 is 0 Å². The van der Waals surface area contributed by atoms with Crippen LogP contribution in [0.15, 0.2) is 24.3 Å². The molecule has 4 amide bonds. The monoisotopic (exact) mass is 274 g/mol. The molecule has 1 saturated heterocycles. The fourth-order valence-corrected chi connectivity index (χ4v) is 2.24. The van der Waals surface area contributed by atoms with Gasteiger partial charge in [0.25, 0.3) is 0 Å². The van der Waals surface area contributed by atoms with E-state index in [1.165, 1.54) is 0 Å². The van der Waals surface area contributed by atoms with Crippen LogP contribution in [-0.2, 0) is 16.1 Å². The summed E-state index contributed by atoms with van der Waals surface area (Å²) < 4.78 is 0. The molecule has 5 nitrogen and oxygen atoms in total. The van der Waals surface area contributed by atoms with Gasteiger partial charge in [-0.05, 0) is 18.4 Å². The molecule has 1 unspecified atom stereocenters. The third-order valence-corrected chi connectivity index (χ3v) is 3.42. The van der Waals surface area contributed by atoms with Crippen molar-refractivity contribution in [3.63, 3.8) is 0 Å². The highest BCUT2D eigenvalue weighted by Gasteiger charge is 2.41. The summed E-state index contributed by atoms with van der Waals surface area (Å²) in [5, 5.41) is 2.25. The first kappa shape index (κ1) is 14.2. The van der Waals surface area contributed by atoms with E-state index in [-0.39, 0.29) is 12.5 Å². The van der Waals surface area contributed by atoms with Crippen molar-refractivity contribution in [3.8, 4) is 0 Å². The molecule has 1 heterocycles. The van der Waals surface area contributed by atoms with Gasteiger partial charge in [0, 0.05) is 0 Å². The van der Waals surface area contributed by atoms with Gasteiger partial charge in [-0.25, -0.2) is 4.79 Å². The lowest BCUT2D eigenvalue weighted by molar-refractivity contribution is -0.144. The maximum atomic E-state index is 12.3. The summed E-state index contributed by atoms with van der Waals surface area (Å²) in [4.78, 5) is 37.0. The van der Waals surface area contributed by atoms with E-state index in [2.05, 4.69) is 5.32 Å². The van der Waals surface area contributed by atoms with Crippen LogP contribution in [0.25, 0.3) is 0 Å². The third-order valence-electron chi connectivity index (χ3n) is 3.42. The van der Waals surface area contributed by atoms with Crippen molar-refractivity contribution in [2.45, 2.75) is 27.3 Å². The van der Waals surface area contributed by atoms with Gasteiger partial charge in [0.2, 0.25) is 11.8 Å². The highest BCUT2D eigenvalue weighted by atomic mass is 16.2. The van der Waals surface area contributed by atoms with E-state index in [4.69, 9.17) is 0 Å². The predicted molar refractivity (Wildman–Crippen MR) is 73.6 cm³/mol. The minimum Gasteiger partial charge on any atom is -0.277 e. The number of carbonyl (C=O) groups excluding carboxylic acids is 3. The van der Waals surface area contributed by atoms with Crippen LogP contribution in [0, 0.1) is 18.8 Å². The number of rotatable bonds is 3. The Morgan fingerprint density at radius 3 is 2.30 bits per heavy atom. The minimum absolute atomic E-state index is 0.142. The third kappa shape index (κ3) is 2.71. The zero-order chi connectivity index (χ0) is 14.9. The number of hydrogen-bond donors (Lipinski definition) is 1. The Bertz CT molecular complexity index is 549. The predicted octanol–water partition coefficient (Wildman–Crippen LogP) is 1.85. The van der Waals surface area contributed by atoms with Gasteiger partial charge in [0.05, 0.1) is 6.54 Å². The summed E-state index contributed by atoms with van der Waals surface area (Å²) in [5.74, 6) is -1.86. The first-order valence-electron chi connectivity index (χ1n) is 6.62. The van der Waals surface area contributed by atoms with Crippen LogP contribution in [0.1, 0.15) is 25.0 Å². The summed E-state index contributed by atoms with van der Waals surface area (Å²) in [6.45, 7) is 5.74. The quantitative estimate of drug-likeness (QED) is 0.855. The molecule has 1 fully saturated rings. The molecule has 1 aromatic rings. The van der Waals surface area contributed by atoms with E-state index in [0.29, 0.717) is 0 Å². The summed E-state index contributed by atoms with van der Waals surface area (Å²) in [7, 11) is 0. The maximum absolute atomic E-state index is 12.3. The molecular weight excluding hydrogens is 256 g/mol. The summed E-state index contributed by atoms with van der Waals surface area (Å²) in [6, 6.07) is 6.95. The SMILES string of the molecule is Cc1ccc(CN2C(=O)NC(=O)C(C(C)C)C2=O)cc1. The van der Waals surface area contributed by atoms with E-state index in [1.54, 1.807) is 13.8 Å². The molecule has 0 aliphatic carbocycles. The Morgan fingerprint density at radius 2 is 1.75 bits per heavy atom. The van der Waals surface area contributed by atoms with Crippen molar-refractivity contribution >= 4 is 17.8 Å². The number of hydrogen-bond acceptors (Lipinski definition) is 3. The lowest BCUT2D eigenvalue weighted by atomic mass is 9.92. The van der Waals surface area contributed by atoms with Crippen molar-refractivity contribution in [3.05, 3.63) is 35.4 Å². The summed E-state index contributed by atoms with van der Waals surface area (Å²) >= 11 is 0. The molecule has 20 heavy (non-hydrogen) atoms. The fourth-order valence-electron chi connectivity index (χ4n) is 2.24. The van der Waals surface area contributed by atoms with Crippen molar-refractivity contribution in [1.82, 2.24) is 10.2 Å². The van der Waals surface area contributed by atoms with Crippen LogP contribution in [-0.4, -0.2) is 22.7 Å². The van der Waals surface area contributed by atoms with E-state index in [9.17, 15) is 14.4 Å². The van der Waals surface area contributed by atoms with Gasteiger partial charge < -0.3 is 0 Å². The Morgan fingerprint density at radius 1 is 1.15 bits per heavy atom. The molecule has 2 rings (SSSR count). The molecule has 1 N–H and O–H groups in total. The highest BCUT2D eigenvalue weighted by molar-refractivity contribution is 6.16. The zero-order valence-corrected chi connectivity index (χ0v) is 11.8. The van der Waals surface area contributed by atoms with Gasteiger partial charge in [-0.1, -0.05) is 43.7 Å². The number of nitrogens with zero attached hydrogens (tertiary/aromatic N) is 1. The topological polar surface area (TPSA) is 66.5 Å². The second-order valence-corrected chi connectivity index (χ2v) is 5.43. The molecule has 1 aromatic carbocycles. The standard InChI is InChI=1S/C15H18N2O3/c1-9(2)12-13(18)16-15(20)17(14(12)19)8-11-6-4-10(3)5-7-11/h4-7,9,12H,8H2,1-3H3,(H,16,18,20). The van der Waals surface area contributed by atoms with Crippen LogP contribution in [0.2, 0.25) is 0 Å². The molecule has 1 atom stereocenters. The average molecular weight is 274 g/mol. The molecule has 1 aliphatic rings. The van der Waals surface area contributed by atoms with E-state index >= 15 is 0 Å². The van der Waals surface area contributed by atoms with E-state index in [0.717, 1.165) is 16.0 Å². The zero-order valence-electron chi connectivity index (χ0n) is 11.8. The lowest BCUT2D eigenvalue weighted by Gasteiger charge is -2.31. The molecule has 5 heteroatoms. The first-order valence-corrected chi connectivity index (χ1v) is 6.62. The Balaban J connectivity index is 2.21. The lowest BCUT2D eigenvalue weighted by Crippen LogP contribution is -2.58. The highest BCUT2D eigenvalue weighted by Crippen LogP contribution is 2.20. The molecule has 0 saturated carbocycles. The smallest absolute Gasteiger partial charge is 0.277 e. The molecule has 0 aromatic heterocycles. The van der Waals surface area contributed by atoms with Gasteiger partial charge in [0.1, 0.15) is 5.92 Å². The van der Waals surface area contributed by atoms with E-state index < -0.39 is 23.8 Å². The summed E-state index contributed by atoms with van der Waals surface area (Å²) in [6.07, 6.45) is 0. The largest absolute Gasteiger partial charge is 0.331 e. The first-order chi connectivity index (χ1) is 9.40. The number of benzene rings is 1. The van der Waals surface area contributed by atoms with Gasteiger partial charge in [0.15, 0.2) is 0 Å². The Labute approximate surface area is 118 Å². The molecular formula is C15H18N2O3. The number of amides is 4. The second-order valence-electron chi connectivity index (χ2n) is 5.43.